The Hall–Kier alpha value is -3.22. The second-order valence-corrected chi connectivity index (χ2v) is 4.90. The van der Waals surface area contributed by atoms with Gasteiger partial charge in [-0.15, -0.1) is 0 Å². The van der Waals surface area contributed by atoms with Gasteiger partial charge in [0.05, 0.1) is 11.9 Å². The number of primary amides is 1. The smallest absolute Gasteiger partial charge is 0.258 e. The Morgan fingerprint density at radius 1 is 1.26 bits per heavy atom. The molecule has 3 rings (SSSR count). The van der Waals surface area contributed by atoms with Crippen LogP contribution in [-0.2, 0) is 4.79 Å². The van der Waals surface area contributed by atoms with E-state index >= 15 is 0 Å². The summed E-state index contributed by atoms with van der Waals surface area (Å²) in [5, 5.41) is 4.47. The van der Waals surface area contributed by atoms with Gasteiger partial charge in [-0.2, -0.15) is 5.10 Å². The molecule has 0 radical (unpaired) electrons. The summed E-state index contributed by atoms with van der Waals surface area (Å²) in [7, 11) is 0. The molecule has 0 aliphatic rings. The van der Waals surface area contributed by atoms with Gasteiger partial charge in [-0.1, -0.05) is 6.07 Å². The molecule has 0 aliphatic carbocycles. The number of aromatic nitrogens is 4. The summed E-state index contributed by atoms with van der Waals surface area (Å²) in [4.78, 5) is 19.3. The highest BCUT2D eigenvalue weighted by molar-refractivity contribution is 5.78. The molecule has 23 heavy (non-hydrogen) atoms. The van der Waals surface area contributed by atoms with Gasteiger partial charge in [0.15, 0.2) is 6.10 Å². The minimum Gasteiger partial charge on any atom is -0.481 e. The second kappa shape index (κ2) is 6.27. The molecule has 7 heteroatoms. The Bertz CT molecular complexity index is 816. The fourth-order valence-corrected chi connectivity index (χ4v) is 2.00. The monoisotopic (exact) mass is 309 g/mol. The molecule has 0 saturated heterocycles. The van der Waals surface area contributed by atoms with Gasteiger partial charge in [-0.3, -0.25) is 14.8 Å². The number of carbonyl (C=O) groups excluding carboxylic acids is 1. The van der Waals surface area contributed by atoms with Crippen LogP contribution in [0.2, 0.25) is 0 Å². The van der Waals surface area contributed by atoms with Gasteiger partial charge >= 0.3 is 0 Å². The van der Waals surface area contributed by atoms with E-state index in [0.29, 0.717) is 11.4 Å². The average Bonchev–Trinajstić information content (AvgIpc) is 3.06. The zero-order valence-corrected chi connectivity index (χ0v) is 12.5. The van der Waals surface area contributed by atoms with Crippen molar-refractivity contribution in [2.24, 2.45) is 5.73 Å². The molecule has 0 saturated carbocycles. The minimum atomic E-state index is -0.696. The highest BCUT2D eigenvalue weighted by Crippen LogP contribution is 2.20. The number of hydrogen-bond donors (Lipinski definition) is 1. The number of ether oxygens (including phenoxy) is 1. The maximum absolute atomic E-state index is 11.1. The molecule has 0 fully saturated rings. The van der Waals surface area contributed by atoms with Gasteiger partial charge in [-0.05, 0) is 25.1 Å². The van der Waals surface area contributed by atoms with E-state index in [0.717, 1.165) is 11.4 Å². The number of nitrogens with two attached hydrogens (primary N) is 1. The first-order valence-corrected chi connectivity index (χ1v) is 7.02. The molecule has 1 atom stereocenters. The summed E-state index contributed by atoms with van der Waals surface area (Å²) in [6.45, 7) is 1.61. The van der Waals surface area contributed by atoms with Crippen LogP contribution >= 0.6 is 0 Å². The summed E-state index contributed by atoms with van der Waals surface area (Å²) in [6, 6.07) is 9.10. The van der Waals surface area contributed by atoms with Crippen LogP contribution in [-0.4, -0.2) is 31.8 Å². The minimum absolute atomic E-state index is 0.514. The number of hydrogen-bond acceptors (Lipinski definition) is 5. The third kappa shape index (κ3) is 3.34. The molecule has 2 aromatic heterocycles. The van der Waals surface area contributed by atoms with E-state index in [1.54, 1.807) is 42.3 Å². The molecular weight excluding hydrogens is 294 g/mol. The van der Waals surface area contributed by atoms with Crippen molar-refractivity contribution >= 4 is 5.91 Å². The highest BCUT2D eigenvalue weighted by Gasteiger charge is 2.11. The molecule has 7 nitrogen and oxygen atoms in total. The summed E-state index contributed by atoms with van der Waals surface area (Å²) in [5.74, 6) is 0.0322. The third-order valence-electron chi connectivity index (χ3n) is 3.21. The molecule has 116 valence electrons. The van der Waals surface area contributed by atoms with Crippen molar-refractivity contribution in [2.75, 3.05) is 0 Å². The Labute approximate surface area is 132 Å². The first kappa shape index (κ1) is 14.7. The van der Waals surface area contributed by atoms with Crippen molar-refractivity contribution in [1.29, 1.82) is 0 Å². The third-order valence-corrected chi connectivity index (χ3v) is 3.21. The van der Waals surface area contributed by atoms with Gasteiger partial charge < -0.3 is 10.5 Å². The lowest BCUT2D eigenvalue weighted by atomic mass is 10.3. The van der Waals surface area contributed by atoms with Crippen LogP contribution < -0.4 is 10.5 Å². The molecule has 2 N–H and O–H groups in total. The van der Waals surface area contributed by atoms with Crippen molar-refractivity contribution in [3.63, 3.8) is 0 Å². The van der Waals surface area contributed by atoms with E-state index in [4.69, 9.17) is 10.5 Å². The Morgan fingerprint density at radius 2 is 2.13 bits per heavy atom. The predicted octanol–water partition coefficient (Wildman–Crippen LogP) is 1.58. The first-order chi connectivity index (χ1) is 11.1. The van der Waals surface area contributed by atoms with E-state index in [-0.39, 0.29) is 0 Å². The van der Waals surface area contributed by atoms with E-state index in [2.05, 4.69) is 15.1 Å². The quantitative estimate of drug-likeness (QED) is 0.772. The van der Waals surface area contributed by atoms with Crippen molar-refractivity contribution < 1.29 is 9.53 Å². The number of nitrogens with zero attached hydrogens (tertiary/aromatic N) is 4. The Morgan fingerprint density at radius 3 is 2.87 bits per heavy atom. The first-order valence-electron chi connectivity index (χ1n) is 7.02. The van der Waals surface area contributed by atoms with E-state index in [1.807, 2.05) is 24.4 Å². The van der Waals surface area contributed by atoms with Gasteiger partial charge in [-0.25, -0.2) is 4.68 Å². The van der Waals surface area contributed by atoms with Crippen LogP contribution in [0.3, 0.4) is 0 Å². The van der Waals surface area contributed by atoms with Crippen molar-refractivity contribution in [3.8, 4) is 22.8 Å². The number of amides is 1. The lowest BCUT2D eigenvalue weighted by molar-refractivity contribution is -0.123. The van der Waals surface area contributed by atoms with Gasteiger partial charge in [0.1, 0.15) is 17.1 Å². The SMILES string of the molecule is C[C@@H](Oc1cccc(-n2ccc(-c3cnccn3)n2)c1)C(N)=O. The van der Waals surface area contributed by atoms with E-state index < -0.39 is 12.0 Å². The van der Waals surface area contributed by atoms with Crippen LogP contribution in [0.25, 0.3) is 17.1 Å². The molecule has 0 bridgehead atoms. The zero-order chi connectivity index (χ0) is 16.2. The maximum Gasteiger partial charge on any atom is 0.258 e. The average molecular weight is 309 g/mol. The molecular formula is C16H15N5O2. The van der Waals surface area contributed by atoms with Gasteiger partial charge in [0.25, 0.3) is 5.91 Å². The fraction of sp³-hybridized carbons (Fsp3) is 0.125. The Balaban J connectivity index is 1.85. The van der Waals surface area contributed by atoms with E-state index in [9.17, 15) is 4.79 Å². The van der Waals surface area contributed by atoms with Crippen LogP contribution in [0.4, 0.5) is 0 Å². The van der Waals surface area contributed by atoms with Crippen LogP contribution in [0, 0.1) is 0 Å². The lowest BCUT2D eigenvalue weighted by Crippen LogP contribution is -2.30. The van der Waals surface area contributed by atoms with E-state index in [1.165, 1.54) is 0 Å². The highest BCUT2D eigenvalue weighted by atomic mass is 16.5. The summed E-state index contributed by atoms with van der Waals surface area (Å²) < 4.78 is 7.19. The molecule has 0 aliphatic heterocycles. The fourth-order valence-electron chi connectivity index (χ4n) is 2.00. The summed E-state index contributed by atoms with van der Waals surface area (Å²) in [6.07, 6.45) is 6.01. The summed E-state index contributed by atoms with van der Waals surface area (Å²) in [5.41, 5.74) is 7.42. The predicted molar refractivity (Wildman–Crippen MR) is 83.9 cm³/mol. The molecule has 2 heterocycles. The largest absolute Gasteiger partial charge is 0.481 e. The topological polar surface area (TPSA) is 95.9 Å². The number of carbonyl (C=O) groups is 1. The van der Waals surface area contributed by atoms with Crippen molar-refractivity contribution in [2.45, 2.75) is 13.0 Å². The number of benzene rings is 1. The standard InChI is InChI=1S/C16H15N5O2/c1-11(16(17)22)23-13-4-2-3-12(9-13)21-8-5-14(20-21)15-10-18-6-7-19-15/h2-11H,1H3,(H2,17,22)/t11-/m1/s1. The van der Waals surface area contributed by atoms with Crippen LogP contribution in [0.1, 0.15) is 6.92 Å². The van der Waals surface area contributed by atoms with Crippen LogP contribution in [0.15, 0.2) is 55.1 Å². The molecule has 1 amide bonds. The van der Waals surface area contributed by atoms with Crippen molar-refractivity contribution in [3.05, 3.63) is 55.1 Å². The van der Waals surface area contributed by atoms with Crippen LogP contribution in [0.5, 0.6) is 5.75 Å². The summed E-state index contributed by atoms with van der Waals surface area (Å²) >= 11 is 0. The number of rotatable bonds is 5. The Kier molecular flexibility index (Phi) is 4.01. The van der Waals surface area contributed by atoms with Gasteiger partial charge in [0.2, 0.25) is 0 Å². The molecule has 1 aromatic carbocycles. The van der Waals surface area contributed by atoms with Gasteiger partial charge in [0, 0.05) is 24.7 Å². The maximum atomic E-state index is 11.1. The second-order valence-electron chi connectivity index (χ2n) is 4.90. The van der Waals surface area contributed by atoms with Crippen molar-refractivity contribution in [1.82, 2.24) is 19.7 Å². The zero-order valence-electron chi connectivity index (χ0n) is 12.5. The lowest BCUT2D eigenvalue weighted by Gasteiger charge is -2.12. The molecule has 0 unspecified atom stereocenters. The molecule has 0 spiro atoms. The molecule has 3 aromatic rings. The normalized spacial score (nSPS) is 11.9.